The van der Waals surface area contributed by atoms with Gasteiger partial charge in [0.15, 0.2) is 0 Å². The highest BCUT2D eigenvalue weighted by Crippen LogP contribution is 2.20. The van der Waals surface area contributed by atoms with E-state index in [1.54, 1.807) is 18.6 Å². The summed E-state index contributed by atoms with van der Waals surface area (Å²) in [5.41, 5.74) is 5.08. The molecule has 0 saturated carbocycles. The standard InChI is InChI=1S/C23H18N4O/c28-23(14-17-6-8-19(9-7-17)21-12-13-25-26-16-21)27-22-11-10-20(15-24-22)18-4-2-1-3-5-18/h1-13,15-16H,14H2,(H,24,27,28). The van der Waals surface area contributed by atoms with Crippen LogP contribution in [0.15, 0.2) is 91.4 Å². The first-order chi connectivity index (χ1) is 13.8. The fourth-order valence-electron chi connectivity index (χ4n) is 2.92. The Kier molecular flexibility index (Phi) is 5.15. The van der Waals surface area contributed by atoms with E-state index in [0.29, 0.717) is 5.82 Å². The molecule has 2 aromatic heterocycles. The quantitative estimate of drug-likeness (QED) is 0.569. The largest absolute Gasteiger partial charge is 0.310 e. The number of pyridine rings is 1. The van der Waals surface area contributed by atoms with E-state index < -0.39 is 0 Å². The summed E-state index contributed by atoms with van der Waals surface area (Å²) in [5.74, 6) is 0.447. The van der Waals surface area contributed by atoms with Crippen molar-refractivity contribution < 1.29 is 4.79 Å². The van der Waals surface area contributed by atoms with Gasteiger partial charge < -0.3 is 5.32 Å². The zero-order chi connectivity index (χ0) is 19.2. The van der Waals surface area contributed by atoms with Crippen LogP contribution in [-0.2, 0) is 11.2 Å². The topological polar surface area (TPSA) is 67.8 Å². The molecule has 0 aliphatic rings. The molecule has 4 aromatic rings. The van der Waals surface area contributed by atoms with Crippen molar-refractivity contribution in [3.05, 3.63) is 97.0 Å². The number of nitrogens with zero attached hydrogens (tertiary/aromatic N) is 3. The first-order valence-electron chi connectivity index (χ1n) is 8.95. The molecular formula is C23H18N4O. The van der Waals surface area contributed by atoms with E-state index in [1.807, 2.05) is 72.8 Å². The Morgan fingerprint density at radius 2 is 1.43 bits per heavy atom. The van der Waals surface area contributed by atoms with Crippen LogP contribution in [0, 0.1) is 0 Å². The van der Waals surface area contributed by atoms with Crippen LogP contribution in [-0.4, -0.2) is 21.1 Å². The first-order valence-corrected chi connectivity index (χ1v) is 8.95. The predicted molar refractivity (Wildman–Crippen MR) is 109 cm³/mol. The van der Waals surface area contributed by atoms with Gasteiger partial charge in [0.2, 0.25) is 5.91 Å². The maximum atomic E-state index is 12.3. The van der Waals surface area contributed by atoms with E-state index in [4.69, 9.17) is 0 Å². The number of amides is 1. The Bertz CT molecular complexity index is 960. The number of carbonyl (C=O) groups excluding carboxylic acids is 1. The fourth-order valence-corrected chi connectivity index (χ4v) is 2.92. The van der Waals surface area contributed by atoms with Crippen LogP contribution in [0.1, 0.15) is 5.56 Å². The van der Waals surface area contributed by atoms with E-state index >= 15 is 0 Å². The molecule has 0 atom stereocenters. The van der Waals surface area contributed by atoms with Gasteiger partial charge in [-0.05, 0) is 34.9 Å². The van der Waals surface area contributed by atoms with Crippen molar-refractivity contribution in [1.29, 1.82) is 0 Å². The van der Waals surface area contributed by atoms with Crippen LogP contribution in [0.5, 0.6) is 0 Å². The zero-order valence-corrected chi connectivity index (χ0v) is 15.1. The number of nitrogens with one attached hydrogen (secondary N) is 1. The molecule has 0 unspecified atom stereocenters. The van der Waals surface area contributed by atoms with Gasteiger partial charge in [-0.3, -0.25) is 4.79 Å². The van der Waals surface area contributed by atoms with E-state index in [1.165, 1.54) is 0 Å². The summed E-state index contributed by atoms with van der Waals surface area (Å²) in [4.78, 5) is 16.7. The molecule has 0 aliphatic carbocycles. The van der Waals surface area contributed by atoms with Gasteiger partial charge in [-0.25, -0.2) is 4.98 Å². The highest BCUT2D eigenvalue weighted by atomic mass is 16.1. The van der Waals surface area contributed by atoms with Gasteiger partial charge in [-0.1, -0.05) is 54.6 Å². The van der Waals surface area contributed by atoms with Crippen molar-refractivity contribution >= 4 is 11.7 Å². The third-order valence-corrected chi connectivity index (χ3v) is 4.37. The Labute approximate surface area is 163 Å². The predicted octanol–water partition coefficient (Wildman–Crippen LogP) is 4.39. The van der Waals surface area contributed by atoms with Gasteiger partial charge in [0, 0.05) is 17.3 Å². The summed E-state index contributed by atoms with van der Waals surface area (Å²) in [6.07, 6.45) is 5.43. The third-order valence-electron chi connectivity index (χ3n) is 4.37. The summed E-state index contributed by atoms with van der Waals surface area (Å²) < 4.78 is 0. The minimum absolute atomic E-state index is 0.0988. The lowest BCUT2D eigenvalue weighted by Gasteiger charge is -2.07. The molecule has 2 heterocycles. The highest BCUT2D eigenvalue weighted by molar-refractivity contribution is 5.91. The molecule has 1 amide bonds. The molecule has 4 rings (SSSR count). The lowest BCUT2D eigenvalue weighted by atomic mass is 10.0. The lowest BCUT2D eigenvalue weighted by Crippen LogP contribution is -2.15. The molecular weight excluding hydrogens is 348 g/mol. The van der Waals surface area contributed by atoms with E-state index in [0.717, 1.165) is 27.8 Å². The Morgan fingerprint density at radius 1 is 0.714 bits per heavy atom. The highest BCUT2D eigenvalue weighted by Gasteiger charge is 2.06. The number of anilines is 1. The molecule has 0 saturated heterocycles. The molecule has 2 aromatic carbocycles. The Balaban J connectivity index is 1.38. The lowest BCUT2D eigenvalue weighted by molar-refractivity contribution is -0.115. The summed E-state index contributed by atoms with van der Waals surface area (Å²) in [7, 11) is 0. The molecule has 0 spiro atoms. The van der Waals surface area contributed by atoms with Gasteiger partial charge in [0.1, 0.15) is 5.82 Å². The molecule has 0 aliphatic heterocycles. The average molecular weight is 366 g/mol. The summed E-state index contributed by atoms with van der Waals surface area (Å²) in [6, 6.07) is 23.5. The van der Waals surface area contributed by atoms with Crippen LogP contribution >= 0.6 is 0 Å². The number of carbonyl (C=O) groups is 1. The summed E-state index contributed by atoms with van der Waals surface area (Å²) in [5, 5.41) is 10.5. The molecule has 0 radical (unpaired) electrons. The number of benzene rings is 2. The number of rotatable bonds is 5. The van der Waals surface area contributed by atoms with Crippen LogP contribution < -0.4 is 5.32 Å². The van der Waals surface area contributed by atoms with Crippen molar-refractivity contribution in [2.45, 2.75) is 6.42 Å². The molecule has 0 bridgehead atoms. The van der Waals surface area contributed by atoms with E-state index in [2.05, 4.69) is 20.5 Å². The maximum absolute atomic E-state index is 12.3. The Morgan fingerprint density at radius 3 is 2.11 bits per heavy atom. The summed E-state index contributed by atoms with van der Waals surface area (Å²) in [6.45, 7) is 0. The van der Waals surface area contributed by atoms with Crippen LogP contribution in [0.3, 0.4) is 0 Å². The van der Waals surface area contributed by atoms with E-state index in [-0.39, 0.29) is 12.3 Å². The van der Waals surface area contributed by atoms with Crippen molar-refractivity contribution in [2.24, 2.45) is 0 Å². The van der Waals surface area contributed by atoms with Crippen LogP contribution in [0.2, 0.25) is 0 Å². The number of hydrogen-bond donors (Lipinski definition) is 1. The van der Waals surface area contributed by atoms with Crippen molar-refractivity contribution in [1.82, 2.24) is 15.2 Å². The number of aromatic nitrogens is 3. The minimum atomic E-state index is -0.0988. The van der Waals surface area contributed by atoms with Gasteiger partial charge in [-0.2, -0.15) is 10.2 Å². The van der Waals surface area contributed by atoms with Crippen molar-refractivity contribution in [2.75, 3.05) is 5.32 Å². The van der Waals surface area contributed by atoms with E-state index in [9.17, 15) is 4.79 Å². The van der Waals surface area contributed by atoms with Crippen molar-refractivity contribution in [3.8, 4) is 22.3 Å². The SMILES string of the molecule is O=C(Cc1ccc(-c2ccnnc2)cc1)Nc1ccc(-c2ccccc2)cn1. The molecule has 28 heavy (non-hydrogen) atoms. The first kappa shape index (κ1) is 17.5. The van der Waals surface area contributed by atoms with Gasteiger partial charge in [0.05, 0.1) is 18.8 Å². The van der Waals surface area contributed by atoms with Crippen molar-refractivity contribution in [3.63, 3.8) is 0 Å². The normalized spacial score (nSPS) is 10.4. The Hall–Kier alpha value is -3.86. The van der Waals surface area contributed by atoms with Gasteiger partial charge >= 0.3 is 0 Å². The second-order valence-electron chi connectivity index (χ2n) is 6.35. The molecule has 5 heteroatoms. The summed E-state index contributed by atoms with van der Waals surface area (Å²) >= 11 is 0. The van der Waals surface area contributed by atoms with Gasteiger partial charge in [0.25, 0.3) is 0 Å². The molecule has 136 valence electrons. The van der Waals surface area contributed by atoms with Crippen LogP contribution in [0.4, 0.5) is 5.82 Å². The molecule has 0 fully saturated rings. The smallest absolute Gasteiger partial charge is 0.229 e. The minimum Gasteiger partial charge on any atom is -0.310 e. The zero-order valence-electron chi connectivity index (χ0n) is 15.1. The second-order valence-corrected chi connectivity index (χ2v) is 6.35. The molecule has 5 nitrogen and oxygen atoms in total. The van der Waals surface area contributed by atoms with Crippen LogP contribution in [0.25, 0.3) is 22.3 Å². The second kappa shape index (κ2) is 8.22. The third kappa shape index (κ3) is 4.27. The van der Waals surface area contributed by atoms with Gasteiger partial charge in [-0.15, -0.1) is 0 Å². The number of hydrogen-bond acceptors (Lipinski definition) is 4. The average Bonchev–Trinajstić information content (AvgIpc) is 2.76. The monoisotopic (exact) mass is 366 g/mol. The molecule has 1 N–H and O–H groups in total. The maximum Gasteiger partial charge on any atom is 0.229 e. The fraction of sp³-hybridized carbons (Fsp3) is 0.0435.